The molecular weight excluding hydrogens is 576 g/mol. The molecular formula is C26H42B10N2O8. The quantitative estimate of drug-likeness (QED) is 0.207. The van der Waals surface area contributed by atoms with Crippen LogP contribution in [-0.2, 0) is 23.8 Å². The first-order valence-corrected chi connectivity index (χ1v) is 14.9. The van der Waals surface area contributed by atoms with Crippen molar-refractivity contribution in [2.75, 3.05) is 13.1 Å². The van der Waals surface area contributed by atoms with Crippen molar-refractivity contribution in [3.05, 3.63) is 24.3 Å². The number of likely N-dealkylation sites (tertiary alicyclic amines) is 2. The molecule has 2 atom stereocenters. The molecule has 2 aliphatic rings. The minimum absolute atomic E-state index is 0.256. The second-order valence-corrected chi connectivity index (χ2v) is 14.3. The van der Waals surface area contributed by atoms with Crippen molar-refractivity contribution in [1.29, 1.82) is 0 Å². The minimum atomic E-state index is -1.02. The number of carbonyl (C=O) groups is 4. The molecule has 2 fully saturated rings. The zero-order chi connectivity index (χ0) is 36.5. The van der Waals surface area contributed by atoms with Crippen molar-refractivity contribution in [1.82, 2.24) is 9.80 Å². The molecule has 0 bridgehead atoms. The second-order valence-electron chi connectivity index (χ2n) is 14.3. The van der Waals surface area contributed by atoms with Crippen LogP contribution < -0.4 is 0 Å². The van der Waals surface area contributed by atoms with Crippen molar-refractivity contribution in [3.63, 3.8) is 0 Å². The molecule has 2 saturated heterocycles. The predicted octanol–water partition coefficient (Wildman–Crippen LogP) is 0.722. The summed E-state index contributed by atoms with van der Waals surface area (Å²) >= 11 is 0. The molecule has 2 heterocycles. The van der Waals surface area contributed by atoms with Gasteiger partial charge < -0.3 is 19.3 Å². The van der Waals surface area contributed by atoms with Crippen LogP contribution in [0.1, 0.15) is 75.2 Å². The van der Waals surface area contributed by atoms with Crippen LogP contribution in [0.25, 0.3) is 0 Å². The highest BCUT2D eigenvalue weighted by Crippen LogP contribution is 2.26. The molecule has 0 aromatic carbocycles. The minimum Gasteiger partial charge on any atom is -0.480 e. The van der Waals surface area contributed by atoms with Crippen molar-refractivity contribution in [3.8, 4) is 0 Å². The molecule has 2 rings (SSSR count). The average molecular weight is 619 g/mol. The number of carboxylic acids is 1. The first kappa shape index (κ1) is 43.6. The Morgan fingerprint density at radius 2 is 0.957 bits per heavy atom. The van der Waals surface area contributed by atoms with Gasteiger partial charge in [0.1, 0.15) is 28.9 Å². The zero-order valence-corrected chi connectivity index (χ0v) is 28.9. The largest absolute Gasteiger partial charge is 0.480 e. The van der Waals surface area contributed by atoms with E-state index >= 15 is 0 Å². The number of nitrogens with zero attached hydrogens (tertiary/aromatic N) is 2. The molecule has 2 aliphatic heterocycles. The van der Waals surface area contributed by atoms with Crippen molar-refractivity contribution in [2.24, 2.45) is 0 Å². The lowest BCUT2D eigenvalue weighted by atomic mass is 8.58. The number of rotatable bonds is 5. The van der Waals surface area contributed by atoms with E-state index < -0.39 is 78.6 Å². The molecule has 0 aromatic heterocycles. The van der Waals surface area contributed by atoms with Crippen LogP contribution >= 0.6 is 0 Å². The van der Waals surface area contributed by atoms with Crippen LogP contribution in [0.2, 0.25) is 0 Å². The Morgan fingerprint density at radius 3 is 1.22 bits per heavy atom. The van der Waals surface area contributed by atoms with Crippen LogP contribution in [0.4, 0.5) is 9.59 Å². The van der Waals surface area contributed by atoms with Crippen LogP contribution in [0, 0.1) is 0 Å². The van der Waals surface area contributed by atoms with Gasteiger partial charge in [-0.25, -0.2) is 19.2 Å². The van der Waals surface area contributed by atoms with Gasteiger partial charge in [0.25, 0.3) is 0 Å². The number of carbonyl (C=O) groups excluding carboxylic acids is 3. The molecule has 46 heavy (non-hydrogen) atoms. The molecule has 0 aromatic rings. The third-order valence-electron chi connectivity index (χ3n) is 6.06. The Hall–Kier alpha value is -2.39. The molecule has 12 radical (unpaired) electrons. The van der Waals surface area contributed by atoms with E-state index in [9.17, 15) is 19.2 Å². The topological polar surface area (TPSA) is 123 Å². The Balaban J connectivity index is 0.000000699. The SMILES string of the molecule is C=C1C[C@@H](C(=O)O)N(C(=O)OC(C)(C)C)C1.C=C1C[C@@H](C(=O)OC(C)(C)C)N(C(=O)OC(C)(C)C)C1.[B]B([B])B(B([B])[B])B([B])[B]. The Labute approximate surface area is 285 Å². The van der Waals surface area contributed by atoms with Gasteiger partial charge in [0.15, 0.2) is 0 Å². The number of amides is 2. The summed E-state index contributed by atoms with van der Waals surface area (Å²) in [7, 11) is 31.8. The van der Waals surface area contributed by atoms with Gasteiger partial charge in [-0.3, -0.25) is 9.80 Å². The zero-order valence-electron chi connectivity index (χ0n) is 28.9. The normalized spacial score (nSPS) is 17.8. The fourth-order valence-corrected chi connectivity index (χ4v) is 4.19. The van der Waals surface area contributed by atoms with Crippen molar-refractivity contribution in [2.45, 2.75) is 104 Å². The average Bonchev–Trinajstić information content (AvgIpc) is 3.39. The van der Waals surface area contributed by atoms with E-state index in [-0.39, 0.29) is 6.54 Å². The van der Waals surface area contributed by atoms with Crippen molar-refractivity contribution < 1.29 is 38.5 Å². The summed E-state index contributed by atoms with van der Waals surface area (Å²) in [6.45, 7) is 24.1. The maximum Gasteiger partial charge on any atom is 0.411 e. The molecule has 20 heteroatoms. The number of hydrogen-bond acceptors (Lipinski definition) is 7. The molecule has 234 valence electrons. The summed E-state index contributed by atoms with van der Waals surface area (Å²) in [6.07, 6.45) is -2.83. The van der Waals surface area contributed by atoms with Crippen LogP contribution in [-0.4, -0.2) is 153 Å². The number of carboxylic acid groups (broad SMARTS) is 1. The fourth-order valence-electron chi connectivity index (χ4n) is 4.19. The van der Waals surface area contributed by atoms with Crippen LogP contribution in [0.5, 0.6) is 0 Å². The first-order chi connectivity index (χ1) is 20.6. The van der Waals surface area contributed by atoms with E-state index in [0.29, 0.717) is 19.4 Å². The Morgan fingerprint density at radius 1 is 0.652 bits per heavy atom. The van der Waals surface area contributed by atoms with Gasteiger partial charge in [0.05, 0.1) is 0 Å². The van der Waals surface area contributed by atoms with Gasteiger partial charge in [0.2, 0.25) is 0 Å². The van der Waals surface area contributed by atoms with E-state index in [1.165, 1.54) is 9.80 Å². The maximum absolute atomic E-state index is 12.2. The summed E-state index contributed by atoms with van der Waals surface area (Å²) < 4.78 is 15.8. The number of esters is 1. The third-order valence-corrected chi connectivity index (χ3v) is 6.06. The lowest BCUT2D eigenvalue weighted by Crippen LogP contribution is -2.62. The summed E-state index contributed by atoms with van der Waals surface area (Å²) in [4.78, 5) is 49.6. The highest BCUT2D eigenvalue weighted by atomic mass is 16.6. The number of ether oxygens (including phenoxy) is 3. The van der Waals surface area contributed by atoms with E-state index in [0.717, 1.165) is 11.1 Å². The molecule has 1 N–H and O–H groups in total. The van der Waals surface area contributed by atoms with Crippen LogP contribution in [0.3, 0.4) is 0 Å². The lowest BCUT2D eigenvalue weighted by molar-refractivity contribution is -0.160. The Bertz CT molecular complexity index is 1050. The van der Waals surface area contributed by atoms with E-state index in [1.54, 1.807) is 62.3 Å². The van der Waals surface area contributed by atoms with Gasteiger partial charge in [-0.2, -0.15) is 0 Å². The molecule has 10 nitrogen and oxygen atoms in total. The third kappa shape index (κ3) is 16.4. The van der Waals surface area contributed by atoms with Gasteiger partial charge >= 0.3 is 24.1 Å². The predicted molar refractivity (Wildman–Crippen MR) is 192 cm³/mol. The van der Waals surface area contributed by atoms with E-state index in [2.05, 4.69) is 13.2 Å². The lowest BCUT2D eigenvalue weighted by Gasteiger charge is -2.29. The van der Waals surface area contributed by atoms with E-state index in [4.69, 9.17) is 65.7 Å². The molecule has 0 unspecified atom stereocenters. The summed E-state index contributed by atoms with van der Waals surface area (Å²) in [5, 5.41) is 8.96. The van der Waals surface area contributed by atoms with Gasteiger partial charge in [-0.1, -0.05) is 24.3 Å². The molecule has 0 saturated carbocycles. The second kappa shape index (κ2) is 17.7. The molecule has 0 aliphatic carbocycles. The van der Waals surface area contributed by atoms with E-state index in [1.807, 2.05) is 0 Å². The fraction of sp³-hybridized carbons (Fsp3) is 0.692. The standard InChI is InChI=1S/C15H25NO4.C11H17NO4.B10/c1-10-8-11(12(17)19-14(2,3)4)16(9-10)13(18)20-15(5,6)7;1-7-5-8(9(13)14)12(6-7)10(15)16-11(2,3)4;1-7(2)10(8(3)4)9(5)6/h11H,1,8-9H2,2-7H3;8H,1,5-6H2,2-4H3,(H,13,14);/t11-;8-;/m00./s1. The monoisotopic (exact) mass is 620 g/mol. The molecule has 0 spiro atoms. The Kier molecular flexibility index (Phi) is 16.8. The number of hydrogen-bond donors (Lipinski definition) is 1. The van der Waals surface area contributed by atoms with Crippen molar-refractivity contribution >= 4 is 96.1 Å². The first-order valence-electron chi connectivity index (χ1n) is 14.9. The number of aliphatic carboxylic acids is 1. The van der Waals surface area contributed by atoms with Crippen LogP contribution in [0.15, 0.2) is 24.3 Å². The van der Waals surface area contributed by atoms with Gasteiger partial charge in [-0.15, -0.1) is 0 Å². The maximum atomic E-state index is 12.2. The van der Waals surface area contributed by atoms with Gasteiger partial charge in [-0.05, 0) is 62.3 Å². The summed E-state index contributed by atoms with van der Waals surface area (Å²) in [5.74, 6) is -1.44. The highest BCUT2D eigenvalue weighted by molar-refractivity contribution is 8.00. The molecule has 2 amide bonds. The summed E-state index contributed by atoms with van der Waals surface area (Å²) in [6, 6.07) is -1.49. The van der Waals surface area contributed by atoms with Gasteiger partial charge in [0, 0.05) is 97.9 Å². The summed E-state index contributed by atoms with van der Waals surface area (Å²) in [5.41, 5.74) is -0.241. The smallest absolute Gasteiger partial charge is 0.411 e. The highest BCUT2D eigenvalue weighted by Gasteiger charge is 2.41.